The summed E-state index contributed by atoms with van der Waals surface area (Å²) in [5.41, 5.74) is 2.65. The number of nitrogens with zero attached hydrogens (tertiary/aromatic N) is 5. The molecule has 0 saturated heterocycles. The summed E-state index contributed by atoms with van der Waals surface area (Å²) in [6, 6.07) is 5.90. The van der Waals surface area contributed by atoms with Crippen molar-refractivity contribution in [1.82, 2.24) is 19.7 Å². The average Bonchev–Trinajstić information content (AvgIpc) is 2.97. The van der Waals surface area contributed by atoms with Crippen LogP contribution in [-0.4, -0.2) is 25.8 Å². The zero-order chi connectivity index (χ0) is 16.4. The second kappa shape index (κ2) is 5.78. The van der Waals surface area contributed by atoms with Gasteiger partial charge in [0.15, 0.2) is 11.5 Å². The van der Waals surface area contributed by atoms with Crippen LogP contribution in [0.25, 0.3) is 16.9 Å². The van der Waals surface area contributed by atoms with Crippen LogP contribution in [0.15, 0.2) is 30.7 Å². The van der Waals surface area contributed by atoms with E-state index in [1.165, 1.54) is 6.20 Å². The molecule has 0 aliphatic rings. The maximum Gasteiger partial charge on any atom is 0.164 e. The standard InChI is InChI=1S/C17H14N6/c1-4-13-9-19-16(6-15(13)22-11(2)3)23-17-14(10-21-23)5-12(7-18)8-20-17/h1,5-6,8-11H,2-3H3,(H,19,22). The topological polar surface area (TPSA) is 79.4 Å². The lowest BCUT2D eigenvalue weighted by molar-refractivity contribution is 0.857. The summed E-state index contributed by atoms with van der Waals surface area (Å²) >= 11 is 0. The summed E-state index contributed by atoms with van der Waals surface area (Å²) in [5, 5.41) is 17.4. The lowest BCUT2D eigenvalue weighted by Crippen LogP contribution is -2.12. The van der Waals surface area contributed by atoms with Gasteiger partial charge in [-0.05, 0) is 19.9 Å². The number of fused-ring (bicyclic) bond motifs is 1. The lowest BCUT2D eigenvalue weighted by Gasteiger charge is -2.13. The first kappa shape index (κ1) is 14.6. The van der Waals surface area contributed by atoms with Gasteiger partial charge < -0.3 is 5.32 Å². The number of anilines is 1. The molecule has 0 atom stereocenters. The van der Waals surface area contributed by atoms with E-state index < -0.39 is 0 Å². The van der Waals surface area contributed by atoms with Gasteiger partial charge in [-0.15, -0.1) is 6.42 Å². The number of aromatic nitrogens is 4. The van der Waals surface area contributed by atoms with E-state index in [-0.39, 0.29) is 6.04 Å². The lowest BCUT2D eigenvalue weighted by atomic mass is 10.2. The van der Waals surface area contributed by atoms with Crippen molar-refractivity contribution < 1.29 is 0 Å². The maximum atomic E-state index is 8.94. The molecule has 0 aromatic carbocycles. The first-order valence-electron chi connectivity index (χ1n) is 7.10. The molecular formula is C17H14N6. The molecule has 6 nitrogen and oxygen atoms in total. The third-order valence-electron chi connectivity index (χ3n) is 3.24. The van der Waals surface area contributed by atoms with Crippen LogP contribution < -0.4 is 5.32 Å². The summed E-state index contributed by atoms with van der Waals surface area (Å²) in [7, 11) is 0. The van der Waals surface area contributed by atoms with E-state index in [4.69, 9.17) is 11.7 Å². The summed E-state index contributed by atoms with van der Waals surface area (Å²) in [6.45, 7) is 4.07. The molecule has 23 heavy (non-hydrogen) atoms. The van der Waals surface area contributed by atoms with Gasteiger partial charge in [0.05, 0.1) is 23.0 Å². The Morgan fingerprint density at radius 1 is 1.22 bits per heavy atom. The van der Waals surface area contributed by atoms with Crippen molar-refractivity contribution in [3.63, 3.8) is 0 Å². The fourth-order valence-corrected chi connectivity index (χ4v) is 2.26. The summed E-state index contributed by atoms with van der Waals surface area (Å²) in [5.74, 6) is 3.23. The van der Waals surface area contributed by atoms with Crippen LogP contribution in [-0.2, 0) is 0 Å². The third-order valence-corrected chi connectivity index (χ3v) is 3.24. The molecule has 0 aliphatic carbocycles. The van der Waals surface area contributed by atoms with Gasteiger partial charge in [-0.1, -0.05) is 5.92 Å². The van der Waals surface area contributed by atoms with Crippen molar-refractivity contribution in [3.05, 3.63) is 41.9 Å². The Labute approximate surface area is 133 Å². The van der Waals surface area contributed by atoms with E-state index in [0.717, 1.165) is 11.1 Å². The van der Waals surface area contributed by atoms with Gasteiger partial charge in [0.2, 0.25) is 0 Å². The number of pyridine rings is 2. The van der Waals surface area contributed by atoms with Gasteiger partial charge in [-0.2, -0.15) is 15.0 Å². The Bertz CT molecular complexity index is 955. The van der Waals surface area contributed by atoms with Crippen molar-refractivity contribution in [3.8, 4) is 24.2 Å². The minimum absolute atomic E-state index is 0.239. The highest BCUT2D eigenvalue weighted by Gasteiger charge is 2.11. The highest BCUT2D eigenvalue weighted by molar-refractivity contribution is 5.77. The van der Waals surface area contributed by atoms with Crippen LogP contribution >= 0.6 is 0 Å². The second-order valence-corrected chi connectivity index (χ2v) is 5.34. The van der Waals surface area contributed by atoms with E-state index in [2.05, 4.69) is 32.4 Å². The van der Waals surface area contributed by atoms with Crippen LogP contribution in [0.4, 0.5) is 5.69 Å². The molecule has 3 rings (SSSR count). The molecule has 0 bridgehead atoms. The molecule has 0 amide bonds. The smallest absolute Gasteiger partial charge is 0.164 e. The third kappa shape index (κ3) is 2.70. The summed E-state index contributed by atoms with van der Waals surface area (Å²) < 4.78 is 1.63. The summed E-state index contributed by atoms with van der Waals surface area (Å²) in [4.78, 5) is 8.66. The Morgan fingerprint density at radius 2 is 2.04 bits per heavy atom. The largest absolute Gasteiger partial charge is 0.382 e. The molecule has 112 valence electrons. The number of rotatable bonds is 3. The molecule has 0 unspecified atom stereocenters. The van der Waals surface area contributed by atoms with E-state index in [1.807, 2.05) is 19.9 Å². The van der Waals surface area contributed by atoms with E-state index in [0.29, 0.717) is 22.6 Å². The number of hydrogen-bond acceptors (Lipinski definition) is 5. The summed E-state index contributed by atoms with van der Waals surface area (Å²) in [6.07, 6.45) is 10.3. The Morgan fingerprint density at radius 3 is 2.74 bits per heavy atom. The normalized spacial score (nSPS) is 10.5. The monoisotopic (exact) mass is 302 g/mol. The van der Waals surface area contributed by atoms with Crippen LogP contribution in [0.5, 0.6) is 0 Å². The van der Waals surface area contributed by atoms with Crippen molar-refractivity contribution in [2.24, 2.45) is 0 Å². The minimum Gasteiger partial charge on any atom is -0.382 e. The second-order valence-electron chi connectivity index (χ2n) is 5.34. The molecule has 0 saturated carbocycles. The van der Waals surface area contributed by atoms with E-state index >= 15 is 0 Å². The fraction of sp³-hybridized carbons (Fsp3) is 0.176. The molecule has 1 N–H and O–H groups in total. The zero-order valence-corrected chi connectivity index (χ0v) is 12.8. The van der Waals surface area contributed by atoms with Gasteiger partial charge in [0.25, 0.3) is 0 Å². The molecule has 0 radical (unpaired) electrons. The maximum absolute atomic E-state index is 8.94. The molecule has 0 fully saturated rings. The quantitative estimate of drug-likeness (QED) is 0.752. The molecule has 3 heterocycles. The van der Waals surface area contributed by atoms with E-state index in [9.17, 15) is 0 Å². The Balaban J connectivity index is 2.12. The van der Waals surface area contributed by atoms with Crippen molar-refractivity contribution in [1.29, 1.82) is 5.26 Å². The van der Waals surface area contributed by atoms with Gasteiger partial charge >= 0.3 is 0 Å². The molecule has 3 aromatic heterocycles. The fourth-order valence-electron chi connectivity index (χ4n) is 2.26. The highest BCUT2D eigenvalue weighted by atomic mass is 15.3. The molecule has 3 aromatic rings. The van der Waals surface area contributed by atoms with Crippen molar-refractivity contribution >= 4 is 16.7 Å². The van der Waals surface area contributed by atoms with Crippen molar-refractivity contribution in [2.45, 2.75) is 19.9 Å². The average molecular weight is 302 g/mol. The van der Waals surface area contributed by atoms with Crippen molar-refractivity contribution in [2.75, 3.05) is 5.32 Å². The number of nitrogens with one attached hydrogen (secondary N) is 1. The predicted molar refractivity (Wildman–Crippen MR) is 88.1 cm³/mol. The number of hydrogen-bond donors (Lipinski definition) is 1. The Hall–Kier alpha value is -3.38. The van der Waals surface area contributed by atoms with Gasteiger partial charge in [-0.25, -0.2) is 9.97 Å². The van der Waals surface area contributed by atoms with Crippen LogP contribution in [0.1, 0.15) is 25.0 Å². The van der Waals surface area contributed by atoms with Gasteiger partial charge in [0, 0.05) is 29.9 Å². The number of terminal acetylenes is 1. The van der Waals surface area contributed by atoms with Crippen LogP contribution in [0.3, 0.4) is 0 Å². The first-order valence-corrected chi connectivity index (χ1v) is 7.10. The SMILES string of the molecule is C#Cc1cnc(-n2ncc3cc(C#N)cnc32)cc1NC(C)C. The number of nitriles is 1. The Kier molecular flexibility index (Phi) is 3.66. The van der Waals surface area contributed by atoms with E-state index in [1.54, 1.807) is 23.1 Å². The molecular weight excluding hydrogens is 288 g/mol. The molecule has 0 spiro atoms. The molecule has 6 heteroatoms. The van der Waals surface area contributed by atoms with Crippen LogP contribution in [0, 0.1) is 23.7 Å². The highest BCUT2D eigenvalue weighted by Crippen LogP contribution is 2.21. The zero-order valence-electron chi connectivity index (χ0n) is 12.8. The minimum atomic E-state index is 0.239. The van der Waals surface area contributed by atoms with Gasteiger partial charge in [0.1, 0.15) is 6.07 Å². The van der Waals surface area contributed by atoms with Gasteiger partial charge in [-0.3, -0.25) is 0 Å². The first-order chi connectivity index (χ1) is 11.1. The van der Waals surface area contributed by atoms with Crippen LogP contribution in [0.2, 0.25) is 0 Å². The molecule has 0 aliphatic heterocycles. The predicted octanol–water partition coefficient (Wildman–Crippen LogP) is 2.49.